The summed E-state index contributed by atoms with van der Waals surface area (Å²) in [5, 5.41) is 3.81. The van der Waals surface area contributed by atoms with Crippen molar-refractivity contribution in [2.45, 2.75) is 59.0 Å². The van der Waals surface area contributed by atoms with Gasteiger partial charge in [-0.3, -0.25) is 14.6 Å². The highest BCUT2D eigenvalue weighted by atomic mass is 16.2. The van der Waals surface area contributed by atoms with Crippen LogP contribution in [0.15, 0.2) is 47.5 Å². The van der Waals surface area contributed by atoms with Crippen molar-refractivity contribution in [1.82, 2.24) is 24.4 Å². The molecule has 0 saturated heterocycles. The van der Waals surface area contributed by atoms with Crippen molar-refractivity contribution < 1.29 is 4.79 Å². The van der Waals surface area contributed by atoms with Crippen LogP contribution in [0.1, 0.15) is 67.3 Å². The number of nitrogens with one attached hydrogen (secondary N) is 1. The lowest BCUT2D eigenvalue weighted by molar-refractivity contribution is 0.0956. The van der Waals surface area contributed by atoms with E-state index >= 15 is 0 Å². The van der Waals surface area contributed by atoms with Gasteiger partial charge in [0.2, 0.25) is 0 Å². The number of fused-ring (bicyclic) bond motifs is 5. The Bertz CT molecular complexity index is 1670. The molecule has 3 heterocycles. The Morgan fingerprint density at radius 3 is 2.82 bits per heavy atom. The Hall–Kier alpha value is -3.92. The van der Waals surface area contributed by atoms with E-state index in [9.17, 15) is 9.59 Å². The first-order chi connectivity index (χ1) is 18.4. The third kappa shape index (κ3) is 4.38. The molecule has 7 nitrogen and oxygen atoms in total. The number of pyridine rings is 2. The summed E-state index contributed by atoms with van der Waals surface area (Å²) in [6, 6.07) is 9.60. The van der Waals surface area contributed by atoms with E-state index in [0.717, 1.165) is 45.2 Å². The molecule has 4 aromatic rings. The lowest BCUT2D eigenvalue weighted by Gasteiger charge is -2.22. The first-order valence-electron chi connectivity index (χ1n) is 13.6. The number of benzene rings is 1. The molecular weight excluding hydrogens is 474 g/mol. The van der Waals surface area contributed by atoms with Crippen LogP contribution >= 0.6 is 0 Å². The van der Waals surface area contributed by atoms with Crippen LogP contribution in [0.5, 0.6) is 0 Å². The lowest BCUT2D eigenvalue weighted by atomic mass is 9.89. The van der Waals surface area contributed by atoms with Crippen molar-refractivity contribution in [3.8, 4) is 11.8 Å². The fraction of sp³-hybridized carbons (Fsp3) is 0.419. The van der Waals surface area contributed by atoms with Gasteiger partial charge in [0.15, 0.2) is 0 Å². The fourth-order valence-corrected chi connectivity index (χ4v) is 6.67. The molecule has 38 heavy (non-hydrogen) atoms. The van der Waals surface area contributed by atoms with E-state index in [4.69, 9.17) is 0 Å². The molecule has 194 valence electrons. The normalized spacial score (nSPS) is 20.3. The summed E-state index contributed by atoms with van der Waals surface area (Å²) in [6.07, 6.45) is 8.75. The quantitative estimate of drug-likeness (QED) is 0.392. The monoisotopic (exact) mass is 507 g/mol. The zero-order valence-corrected chi connectivity index (χ0v) is 22.2. The topological polar surface area (TPSA) is 81.8 Å². The van der Waals surface area contributed by atoms with Crippen molar-refractivity contribution in [2.75, 3.05) is 6.54 Å². The summed E-state index contributed by atoms with van der Waals surface area (Å²) in [6.45, 7) is 7.17. The largest absolute Gasteiger partial charge is 0.341 e. The van der Waals surface area contributed by atoms with Crippen molar-refractivity contribution in [2.24, 2.45) is 17.8 Å². The minimum Gasteiger partial charge on any atom is -0.341 e. The molecule has 1 N–H and O–H groups in total. The smallest absolute Gasteiger partial charge is 0.263 e. The van der Waals surface area contributed by atoms with Crippen molar-refractivity contribution in [3.63, 3.8) is 0 Å². The number of carbonyl (C=O) groups is 1. The molecule has 1 unspecified atom stereocenters. The zero-order valence-electron chi connectivity index (χ0n) is 22.2. The standard InChI is InChI=1S/C31H33N5O2/c1-19(2)36-20(3)34-28-17-33-27-11-9-21(16-26(27)29(28)36)6-4-12-32-30(37)25-7-5-13-35(31(25)38)18-24-15-22-8-10-23(24)14-22/h5,7,9,11,13,16-17,19,22-24H,8,10,12,14-15,18H2,1-3H3,(H,32,37)/t22-,23+,24?/m1/s1. The van der Waals surface area contributed by atoms with Crippen LogP contribution in [-0.4, -0.2) is 31.6 Å². The Morgan fingerprint density at radius 1 is 1.18 bits per heavy atom. The average Bonchev–Trinajstić information content (AvgIpc) is 3.61. The summed E-state index contributed by atoms with van der Waals surface area (Å²) < 4.78 is 3.94. The summed E-state index contributed by atoms with van der Waals surface area (Å²) in [4.78, 5) is 35.1. The number of aryl methyl sites for hydroxylation is 1. The highest BCUT2D eigenvalue weighted by Gasteiger charge is 2.39. The number of carbonyl (C=O) groups excluding carboxylic acids is 1. The van der Waals surface area contributed by atoms with Crippen molar-refractivity contribution in [1.29, 1.82) is 0 Å². The van der Waals surface area contributed by atoms with Gasteiger partial charge in [-0.15, -0.1) is 0 Å². The van der Waals surface area contributed by atoms with Gasteiger partial charge in [0.1, 0.15) is 16.9 Å². The first-order valence-corrected chi connectivity index (χ1v) is 13.6. The molecule has 2 saturated carbocycles. The third-order valence-corrected chi connectivity index (χ3v) is 8.36. The highest BCUT2D eigenvalue weighted by molar-refractivity contribution is 6.03. The maximum atomic E-state index is 13.0. The number of imidazole rings is 1. The third-order valence-electron chi connectivity index (χ3n) is 8.36. The second kappa shape index (κ2) is 9.75. The Kier molecular flexibility index (Phi) is 6.27. The molecule has 2 bridgehead atoms. The SMILES string of the molecule is Cc1nc2cnc3ccc(C#CCNC(=O)c4cccn(CC5C[C@@H]6CC[C@H]5C6)c4=O)cc3c2n1C(C)C. The number of rotatable bonds is 5. The molecule has 1 aromatic carbocycles. The van der Waals surface area contributed by atoms with Gasteiger partial charge in [-0.25, -0.2) is 4.98 Å². The minimum absolute atomic E-state index is 0.156. The highest BCUT2D eigenvalue weighted by Crippen LogP contribution is 2.48. The molecule has 3 aromatic heterocycles. The van der Waals surface area contributed by atoms with Gasteiger partial charge in [0, 0.05) is 29.7 Å². The Balaban J connectivity index is 1.17. The predicted molar refractivity (Wildman–Crippen MR) is 149 cm³/mol. The van der Waals surface area contributed by atoms with Crippen LogP contribution in [0.4, 0.5) is 0 Å². The molecule has 7 heteroatoms. The van der Waals surface area contributed by atoms with Gasteiger partial charge in [0.25, 0.3) is 11.5 Å². The van der Waals surface area contributed by atoms with Gasteiger partial charge in [0.05, 0.1) is 23.8 Å². The second-order valence-electron chi connectivity index (χ2n) is 11.1. The molecule has 1 amide bonds. The van der Waals surface area contributed by atoms with E-state index in [2.05, 4.69) is 45.5 Å². The number of nitrogens with zero attached hydrogens (tertiary/aromatic N) is 4. The van der Waals surface area contributed by atoms with Gasteiger partial charge in [-0.2, -0.15) is 0 Å². The maximum Gasteiger partial charge on any atom is 0.263 e. The van der Waals surface area contributed by atoms with Crippen LogP contribution in [0.3, 0.4) is 0 Å². The summed E-state index contributed by atoms with van der Waals surface area (Å²) in [5.41, 5.74) is 3.62. The molecule has 0 aliphatic heterocycles. The van der Waals surface area contributed by atoms with Gasteiger partial charge >= 0.3 is 0 Å². The lowest BCUT2D eigenvalue weighted by Crippen LogP contribution is -2.34. The van der Waals surface area contributed by atoms with E-state index in [1.165, 1.54) is 25.7 Å². The van der Waals surface area contributed by atoms with E-state index in [0.29, 0.717) is 12.5 Å². The summed E-state index contributed by atoms with van der Waals surface area (Å²) >= 11 is 0. The molecular formula is C31H33N5O2. The van der Waals surface area contributed by atoms with Crippen LogP contribution in [-0.2, 0) is 6.54 Å². The number of amides is 1. The van der Waals surface area contributed by atoms with E-state index in [1.807, 2.05) is 37.5 Å². The van der Waals surface area contributed by atoms with Crippen LogP contribution in [0, 0.1) is 36.5 Å². The Morgan fingerprint density at radius 2 is 2.05 bits per heavy atom. The number of hydrogen-bond acceptors (Lipinski definition) is 4. The summed E-state index contributed by atoms with van der Waals surface area (Å²) in [5.74, 6) is 8.87. The van der Waals surface area contributed by atoms with Gasteiger partial charge in [-0.1, -0.05) is 18.3 Å². The molecule has 0 radical (unpaired) electrons. The Labute approximate surface area is 222 Å². The van der Waals surface area contributed by atoms with Crippen LogP contribution in [0.2, 0.25) is 0 Å². The number of aromatic nitrogens is 4. The van der Waals surface area contributed by atoms with Gasteiger partial charge < -0.3 is 14.5 Å². The summed E-state index contributed by atoms with van der Waals surface area (Å²) in [7, 11) is 0. The first kappa shape index (κ1) is 24.4. The van der Waals surface area contributed by atoms with Crippen molar-refractivity contribution in [3.05, 3.63) is 70.0 Å². The van der Waals surface area contributed by atoms with Crippen molar-refractivity contribution >= 4 is 27.8 Å². The fourth-order valence-electron chi connectivity index (χ4n) is 6.67. The minimum atomic E-state index is -0.382. The number of hydrogen-bond donors (Lipinski definition) is 1. The molecule has 2 aliphatic carbocycles. The average molecular weight is 508 g/mol. The second-order valence-corrected chi connectivity index (χ2v) is 11.1. The van der Waals surface area contributed by atoms with E-state index in [1.54, 1.807) is 16.7 Å². The van der Waals surface area contributed by atoms with Crippen LogP contribution < -0.4 is 10.9 Å². The predicted octanol–water partition coefficient (Wildman–Crippen LogP) is 4.85. The molecule has 0 spiro atoms. The zero-order chi connectivity index (χ0) is 26.4. The molecule has 3 atom stereocenters. The molecule has 6 rings (SSSR count). The maximum absolute atomic E-state index is 13.0. The van der Waals surface area contributed by atoms with E-state index in [-0.39, 0.29) is 29.6 Å². The molecule has 2 fully saturated rings. The van der Waals surface area contributed by atoms with Gasteiger partial charge in [-0.05, 0) is 88.1 Å². The molecule has 2 aliphatic rings. The van der Waals surface area contributed by atoms with E-state index < -0.39 is 0 Å². The van der Waals surface area contributed by atoms with Crippen LogP contribution in [0.25, 0.3) is 21.9 Å².